The molecular weight excluding hydrogens is 354 g/mol. The van der Waals surface area contributed by atoms with Crippen LogP contribution in [-0.2, 0) is 5.60 Å². The van der Waals surface area contributed by atoms with Crippen molar-refractivity contribution < 1.29 is 19.4 Å². The predicted octanol–water partition coefficient (Wildman–Crippen LogP) is 3.72. The van der Waals surface area contributed by atoms with Crippen LogP contribution in [0.2, 0.25) is 0 Å². The SMILES string of the molecule is CC(O)(CNC(=O)c1ccc(-c2ccccc2)cc1)c1ccc2c(c1)OCO2. The van der Waals surface area contributed by atoms with E-state index in [9.17, 15) is 9.90 Å². The van der Waals surface area contributed by atoms with Gasteiger partial charge in [0.1, 0.15) is 5.60 Å². The molecule has 1 aliphatic heterocycles. The highest BCUT2D eigenvalue weighted by Gasteiger charge is 2.26. The van der Waals surface area contributed by atoms with Gasteiger partial charge in [0.2, 0.25) is 6.79 Å². The summed E-state index contributed by atoms with van der Waals surface area (Å²) < 4.78 is 10.6. The molecule has 28 heavy (non-hydrogen) atoms. The molecule has 4 rings (SSSR count). The van der Waals surface area contributed by atoms with Crippen LogP contribution < -0.4 is 14.8 Å². The lowest BCUT2D eigenvalue weighted by molar-refractivity contribution is 0.0525. The minimum atomic E-state index is -1.24. The van der Waals surface area contributed by atoms with Gasteiger partial charge in [0.05, 0.1) is 6.54 Å². The number of benzene rings is 3. The van der Waals surface area contributed by atoms with Crippen molar-refractivity contribution in [3.05, 3.63) is 83.9 Å². The fourth-order valence-corrected chi connectivity index (χ4v) is 3.13. The van der Waals surface area contributed by atoms with Gasteiger partial charge in [-0.25, -0.2) is 0 Å². The summed E-state index contributed by atoms with van der Waals surface area (Å²) >= 11 is 0. The van der Waals surface area contributed by atoms with E-state index in [4.69, 9.17) is 9.47 Å². The molecule has 0 aliphatic carbocycles. The molecule has 1 amide bonds. The summed E-state index contributed by atoms with van der Waals surface area (Å²) in [5.41, 5.74) is 2.10. The number of carbonyl (C=O) groups excluding carboxylic acids is 1. The van der Waals surface area contributed by atoms with Crippen molar-refractivity contribution in [2.45, 2.75) is 12.5 Å². The Balaban J connectivity index is 1.42. The Bertz CT molecular complexity index is 981. The van der Waals surface area contributed by atoms with Crippen molar-refractivity contribution in [1.82, 2.24) is 5.32 Å². The highest BCUT2D eigenvalue weighted by Crippen LogP contribution is 2.35. The quantitative estimate of drug-likeness (QED) is 0.713. The van der Waals surface area contributed by atoms with Crippen LogP contribution in [0.5, 0.6) is 11.5 Å². The van der Waals surface area contributed by atoms with Crippen LogP contribution >= 0.6 is 0 Å². The number of hydrogen-bond acceptors (Lipinski definition) is 4. The number of nitrogens with one attached hydrogen (secondary N) is 1. The lowest BCUT2D eigenvalue weighted by Crippen LogP contribution is -2.38. The Hall–Kier alpha value is -3.31. The molecule has 2 N–H and O–H groups in total. The monoisotopic (exact) mass is 375 g/mol. The molecule has 0 saturated carbocycles. The second-order valence-corrected chi connectivity index (χ2v) is 6.97. The first-order chi connectivity index (χ1) is 13.5. The lowest BCUT2D eigenvalue weighted by Gasteiger charge is -2.24. The molecule has 0 bridgehead atoms. The van der Waals surface area contributed by atoms with E-state index in [2.05, 4.69) is 5.32 Å². The third kappa shape index (κ3) is 3.70. The maximum Gasteiger partial charge on any atom is 0.251 e. The number of aliphatic hydroxyl groups is 1. The van der Waals surface area contributed by atoms with Gasteiger partial charge in [0.15, 0.2) is 11.5 Å². The first-order valence-corrected chi connectivity index (χ1v) is 9.09. The summed E-state index contributed by atoms with van der Waals surface area (Å²) in [5.74, 6) is 1.02. The van der Waals surface area contributed by atoms with Crippen molar-refractivity contribution >= 4 is 5.91 Å². The van der Waals surface area contributed by atoms with E-state index in [1.807, 2.05) is 42.5 Å². The van der Waals surface area contributed by atoms with Gasteiger partial charge in [-0.05, 0) is 47.9 Å². The first kappa shape index (κ1) is 18.1. The smallest absolute Gasteiger partial charge is 0.251 e. The molecule has 1 aliphatic rings. The minimum absolute atomic E-state index is 0.0753. The van der Waals surface area contributed by atoms with Crippen LogP contribution in [0.3, 0.4) is 0 Å². The van der Waals surface area contributed by atoms with Crippen molar-refractivity contribution in [2.75, 3.05) is 13.3 Å². The maximum atomic E-state index is 12.5. The predicted molar refractivity (Wildman–Crippen MR) is 106 cm³/mol. The average molecular weight is 375 g/mol. The van der Waals surface area contributed by atoms with Crippen LogP contribution in [0.4, 0.5) is 0 Å². The van der Waals surface area contributed by atoms with Crippen LogP contribution in [-0.4, -0.2) is 24.4 Å². The van der Waals surface area contributed by atoms with Gasteiger partial charge in [-0.3, -0.25) is 4.79 Å². The van der Waals surface area contributed by atoms with Gasteiger partial charge in [-0.2, -0.15) is 0 Å². The molecule has 5 nitrogen and oxygen atoms in total. The summed E-state index contributed by atoms with van der Waals surface area (Å²) in [6.45, 7) is 1.91. The zero-order valence-corrected chi connectivity index (χ0v) is 15.5. The summed E-state index contributed by atoms with van der Waals surface area (Å²) in [5, 5.41) is 13.6. The van der Waals surface area contributed by atoms with Gasteiger partial charge < -0.3 is 19.9 Å². The Morgan fingerprint density at radius 1 is 0.964 bits per heavy atom. The van der Waals surface area contributed by atoms with E-state index in [1.165, 1.54) is 0 Å². The molecule has 3 aromatic rings. The average Bonchev–Trinajstić information content (AvgIpc) is 3.21. The number of rotatable bonds is 5. The number of ether oxygens (including phenoxy) is 2. The summed E-state index contributed by atoms with van der Waals surface area (Å²) in [6.07, 6.45) is 0. The molecule has 0 saturated heterocycles. The molecule has 1 atom stereocenters. The van der Waals surface area contributed by atoms with Crippen molar-refractivity contribution in [1.29, 1.82) is 0 Å². The third-order valence-corrected chi connectivity index (χ3v) is 4.84. The molecule has 0 fully saturated rings. The molecule has 1 unspecified atom stereocenters. The molecule has 0 spiro atoms. The number of amides is 1. The zero-order chi connectivity index (χ0) is 19.6. The molecule has 0 radical (unpaired) electrons. The second kappa shape index (κ2) is 7.37. The van der Waals surface area contributed by atoms with E-state index in [0.717, 1.165) is 11.1 Å². The van der Waals surface area contributed by atoms with E-state index in [1.54, 1.807) is 37.3 Å². The van der Waals surface area contributed by atoms with E-state index in [0.29, 0.717) is 22.6 Å². The highest BCUT2D eigenvalue weighted by molar-refractivity contribution is 5.94. The van der Waals surface area contributed by atoms with Crippen LogP contribution in [0, 0.1) is 0 Å². The van der Waals surface area contributed by atoms with E-state index < -0.39 is 5.60 Å². The zero-order valence-electron chi connectivity index (χ0n) is 15.5. The van der Waals surface area contributed by atoms with Crippen molar-refractivity contribution in [2.24, 2.45) is 0 Å². The molecule has 1 heterocycles. The lowest BCUT2D eigenvalue weighted by atomic mass is 9.95. The number of carbonyl (C=O) groups is 1. The largest absolute Gasteiger partial charge is 0.454 e. The van der Waals surface area contributed by atoms with Crippen LogP contribution in [0.15, 0.2) is 72.8 Å². The van der Waals surface area contributed by atoms with E-state index in [-0.39, 0.29) is 19.2 Å². The summed E-state index contributed by atoms with van der Waals surface area (Å²) in [4.78, 5) is 12.5. The fraction of sp³-hybridized carbons (Fsp3) is 0.174. The number of hydrogen-bond donors (Lipinski definition) is 2. The fourth-order valence-electron chi connectivity index (χ4n) is 3.13. The van der Waals surface area contributed by atoms with Crippen molar-refractivity contribution in [3.63, 3.8) is 0 Å². The molecule has 142 valence electrons. The summed E-state index contributed by atoms with van der Waals surface area (Å²) in [7, 11) is 0. The molecule has 5 heteroatoms. The standard InChI is InChI=1S/C23H21NO4/c1-23(26,19-11-12-20-21(13-19)28-15-27-20)14-24-22(25)18-9-7-17(8-10-18)16-5-3-2-4-6-16/h2-13,26H,14-15H2,1H3,(H,24,25). The Kier molecular flexibility index (Phi) is 4.75. The second-order valence-electron chi connectivity index (χ2n) is 6.97. The van der Waals surface area contributed by atoms with Gasteiger partial charge >= 0.3 is 0 Å². The molecular formula is C23H21NO4. The first-order valence-electron chi connectivity index (χ1n) is 9.09. The minimum Gasteiger partial charge on any atom is -0.454 e. The van der Waals surface area contributed by atoms with Gasteiger partial charge in [-0.1, -0.05) is 48.5 Å². The van der Waals surface area contributed by atoms with Gasteiger partial charge in [0.25, 0.3) is 5.91 Å². The summed E-state index contributed by atoms with van der Waals surface area (Å²) in [6, 6.07) is 22.7. The third-order valence-electron chi connectivity index (χ3n) is 4.84. The topological polar surface area (TPSA) is 67.8 Å². The Labute approximate surface area is 163 Å². The molecule has 3 aromatic carbocycles. The maximum absolute atomic E-state index is 12.5. The normalized spacial score (nSPS) is 14.4. The Morgan fingerprint density at radius 2 is 1.64 bits per heavy atom. The Morgan fingerprint density at radius 3 is 2.39 bits per heavy atom. The highest BCUT2D eigenvalue weighted by atomic mass is 16.7. The van der Waals surface area contributed by atoms with Crippen LogP contribution in [0.25, 0.3) is 11.1 Å². The number of fused-ring (bicyclic) bond motifs is 1. The van der Waals surface area contributed by atoms with Gasteiger partial charge in [0, 0.05) is 5.56 Å². The van der Waals surface area contributed by atoms with Crippen molar-refractivity contribution in [3.8, 4) is 22.6 Å². The molecule has 0 aromatic heterocycles. The van der Waals surface area contributed by atoms with E-state index >= 15 is 0 Å². The van der Waals surface area contributed by atoms with Gasteiger partial charge in [-0.15, -0.1) is 0 Å². The van der Waals surface area contributed by atoms with Crippen LogP contribution in [0.1, 0.15) is 22.8 Å².